The second kappa shape index (κ2) is 7.68. The zero-order chi connectivity index (χ0) is 15.1. The number of methoxy groups -OCH3 is 1. The minimum absolute atomic E-state index is 0.0643. The topological polar surface area (TPSA) is 99.2 Å². The molecule has 0 radical (unpaired) electrons. The third kappa shape index (κ3) is 4.69. The Bertz CT molecular complexity index is 368. The molecule has 2 N–H and O–H groups in total. The second-order valence-electron chi connectivity index (χ2n) is 4.74. The Hall–Kier alpha value is -1.83. The molecule has 1 atom stereocenters. The van der Waals surface area contributed by atoms with Gasteiger partial charge >= 0.3 is 12.0 Å². The van der Waals surface area contributed by atoms with Gasteiger partial charge in [0.1, 0.15) is 6.54 Å². The van der Waals surface area contributed by atoms with E-state index in [0.717, 1.165) is 25.9 Å². The van der Waals surface area contributed by atoms with E-state index >= 15 is 0 Å². The van der Waals surface area contributed by atoms with Crippen molar-refractivity contribution >= 4 is 17.9 Å². The highest BCUT2D eigenvalue weighted by Gasteiger charge is 2.24. The van der Waals surface area contributed by atoms with Crippen molar-refractivity contribution in [2.24, 2.45) is 0 Å². The van der Waals surface area contributed by atoms with Crippen LogP contribution in [0.4, 0.5) is 4.79 Å². The van der Waals surface area contributed by atoms with E-state index in [0.29, 0.717) is 0 Å². The number of rotatable bonds is 6. The summed E-state index contributed by atoms with van der Waals surface area (Å²) in [6.07, 6.45) is 1.97. The van der Waals surface area contributed by atoms with Crippen LogP contribution in [0, 0.1) is 0 Å². The van der Waals surface area contributed by atoms with E-state index in [4.69, 9.17) is 9.84 Å². The van der Waals surface area contributed by atoms with Crippen molar-refractivity contribution in [3.8, 4) is 0 Å². The van der Waals surface area contributed by atoms with E-state index in [1.54, 1.807) is 4.90 Å². The number of carboxylic acid groups (broad SMARTS) is 1. The lowest BCUT2D eigenvalue weighted by atomic mass is 10.3. The number of aliphatic carboxylic acids is 1. The number of carbonyl (C=O) groups is 3. The summed E-state index contributed by atoms with van der Waals surface area (Å²) in [5.41, 5.74) is 0. The van der Waals surface area contributed by atoms with Gasteiger partial charge in [0.25, 0.3) is 0 Å². The number of hydrogen-bond donors (Lipinski definition) is 2. The fourth-order valence-electron chi connectivity index (χ4n) is 1.94. The van der Waals surface area contributed by atoms with Gasteiger partial charge < -0.3 is 25.0 Å². The average molecular weight is 287 g/mol. The van der Waals surface area contributed by atoms with Crippen LogP contribution in [0.5, 0.6) is 0 Å². The summed E-state index contributed by atoms with van der Waals surface area (Å²) in [5.74, 6) is -1.31. The van der Waals surface area contributed by atoms with Crippen molar-refractivity contribution in [3.05, 3.63) is 0 Å². The summed E-state index contributed by atoms with van der Waals surface area (Å²) in [6, 6.07) is -1.74. The molecule has 8 nitrogen and oxygen atoms in total. The van der Waals surface area contributed by atoms with Gasteiger partial charge in [0.2, 0.25) is 5.91 Å². The van der Waals surface area contributed by atoms with Crippen LogP contribution in [0.2, 0.25) is 0 Å². The standard InChI is InChI=1S/C12H21N3O5/c1-14(7-10(16)15-5-3-4-6-15)12(19)13-9(8-20-2)11(17)18/h9H,3-8H2,1-2H3,(H,13,19)(H,17,18). The maximum Gasteiger partial charge on any atom is 0.328 e. The Morgan fingerprint density at radius 3 is 2.45 bits per heavy atom. The van der Waals surface area contributed by atoms with E-state index in [1.165, 1.54) is 19.1 Å². The highest BCUT2D eigenvalue weighted by atomic mass is 16.5. The molecule has 0 aromatic carbocycles. The Morgan fingerprint density at radius 1 is 1.35 bits per heavy atom. The van der Waals surface area contributed by atoms with E-state index in [2.05, 4.69) is 5.32 Å². The molecule has 0 aromatic heterocycles. The zero-order valence-corrected chi connectivity index (χ0v) is 11.8. The first-order valence-corrected chi connectivity index (χ1v) is 6.47. The first kappa shape index (κ1) is 16.2. The number of carbonyl (C=O) groups excluding carboxylic acids is 2. The third-order valence-electron chi connectivity index (χ3n) is 3.11. The number of carboxylic acids is 1. The number of urea groups is 1. The van der Waals surface area contributed by atoms with Gasteiger partial charge in [-0.1, -0.05) is 0 Å². The maximum atomic E-state index is 11.9. The molecule has 1 aliphatic heterocycles. The predicted molar refractivity (Wildman–Crippen MR) is 70.3 cm³/mol. The summed E-state index contributed by atoms with van der Waals surface area (Å²) >= 11 is 0. The molecular weight excluding hydrogens is 266 g/mol. The van der Waals surface area contributed by atoms with Gasteiger partial charge in [0.05, 0.1) is 6.61 Å². The molecule has 1 aliphatic rings. The van der Waals surface area contributed by atoms with Crippen molar-refractivity contribution in [2.75, 3.05) is 40.4 Å². The number of nitrogens with zero attached hydrogens (tertiary/aromatic N) is 2. The Kier molecular flexibility index (Phi) is 6.23. The van der Waals surface area contributed by atoms with Gasteiger partial charge in [0, 0.05) is 27.2 Å². The molecule has 0 aromatic rings. The van der Waals surface area contributed by atoms with Crippen molar-refractivity contribution in [1.29, 1.82) is 0 Å². The van der Waals surface area contributed by atoms with Crippen LogP contribution in [0.1, 0.15) is 12.8 Å². The fourth-order valence-corrected chi connectivity index (χ4v) is 1.94. The zero-order valence-electron chi connectivity index (χ0n) is 11.8. The number of hydrogen-bond acceptors (Lipinski definition) is 4. The second-order valence-corrected chi connectivity index (χ2v) is 4.74. The molecule has 20 heavy (non-hydrogen) atoms. The molecular formula is C12H21N3O5. The SMILES string of the molecule is COCC(NC(=O)N(C)CC(=O)N1CCCC1)C(=O)O. The third-order valence-corrected chi connectivity index (χ3v) is 3.11. The molecule has 1 saturated heterocycles. The number of amides is 3. The molecule has 1 unspecified atom stereocenters. The largest absolute Gasteiger partial charge is 0.480 e. The molecule has 0 spiro atoms. The summed E-state index contributed by atoms with van der Waals surface area (Å²) in [5, 5.41) is 11.2. The molecule has 8 heteroatoms. The van der Waals surface area contributed by atoms with Crippen molar-refractivity contribution < 1.29 is 24.2 Å². The smallest absolute Gasteiger partial charge is 0.328 e. The van der Waals surface area contributed by atoms with Crippen molar-refractivity contribution in [1.82, 2.24) is 15.1 Å². The van der Waals surface area contributed by atoms with Gasteiger partial charge in [-0.15, -0.1) is 0 Å². The van der Waals surface area contributed by atoms with E-state index in [1.807, 2.05) is 0 Å². The molecule has 0 saturated carbocycles. The van der Waals surface area contributed by atoms with Gasteiger partial charge in [-0.3, -0.25) is 4.79 Å². The van der Waals surface area contributed by atoms with Gasteiger partial charge in [0.15, 0.2) is 6.04 Å². The van der Waals surface area contributed by atoms with Crippen molar-refractivity contribution in [2.45, 2.75) is 18.9 Å². The summed E-state index contributed by atoms with van der Waals surface area (Å²) in [4.78, 5) is 37.4. The lowest BCUT2D eigenvalue weighted by Gasteiger charge is -2.23. The van der Waals surface area contributed by atoms with E-state index in [-0.39, 0.29) is 19.1 Å². The molecule has 3 amide bonds. The van der Waals surface area contributed by atoms with Crippen LogP contribution in [0.25, 0.3) is 0 Å². The number of nitrogens with one attached hydrogen (secondary N) is 1. The Morgan fingerprint density at radius 2 is 1.95 bits per heavy atom. The van der Waals surface area contributed by atoms with Crippen LogP contribution in [0.3, 0.4) is 0 Å². The molecule has 1 heterocycles. The normalized spacial score (nSPS) is 15.8. The lowest BCUT2D eigenvalue weighted by Crippen LogP contribution is -2.50. The van der Waals surface area contributed by atoms with Crippen LogP contribution in [-0.2, 0) is 14.3 Å². The van der Waals surface area contributed by atoms with Crippen LogP contribution in [-0.4, -0.2) is 79.3 Å². The summed E-state index contributed by atoms with van der Waals surface area (Å²) in [6.45, 7) is 1.24. The lowest BCUT2D eigenvalue weighted by molar-refractivity contribution is -0.140. The molecule has 0 aliphatic carbocycles. The Balaban J connectivity index is 2.44. The van der Waals surface area contributed by atoms with E-state index < -0.39 is 18.0 Å². The Labute approximate surface area is 117 Å². The fraction of sp³-hybridized carbons (Fsp3) is 0.750. The van der Waals surface area contributed by atoms with Gasteiger partial charge in [-0.25, -0.2) is 9.59 Å². The van der Waals surface area contributed by atoms with Crippen LogP contribution in [0.15, 0.2) is 0 Å². The quantitative estimate of drug-likeness (QED) is 0.676. The van der Waals surface area contributed by atoms with Crippen LogP contribution < -0.4 is 5.32 Å². The summed E-state index contributed by atoms with van der Waals surface area (Å²) < 4.78 is 4.72. The highest BCUT2D eigenvalue weighted by molar-refractivity contribution is 5.86. The molecule has 0 bridgehead atoms. The summed E-state index contributed by atoms with van der Waals surface area (Å²) in [7, 11) is 2.80. The maximum absolute atomic E-state index is 11.9. The molecule has 114 valence electrons. The van der Waals surface area contributed by atoms with Gasteiger partial charge in [-0.2, -0.15) is 0 Å². The number of likely N-dealkylation sites (N-methyl/N-ethyl adjacent to an activating group) is 1. The highest BCUT2D eigenvalue weighted by Crippen LogP contribution is 2.07. The average Bonchev–Trinajstić information content (AvgIpc) is 2.91. The van der Waals surface area contributed by atoms with Gasteiger partial charge in [-0.05, 0) is 12.8 Å². The number of likely N-dealkylation sites (tertiary alicyclic amines) is 1. The number of ether oxygens (including phenoxy) is 1. The first-order valence-electron chi connectivity index (χ1n) is 6.47. The predicted octanol–water partition coefficient (Wildman–Crippen LogP) is -0.650. The minimum Gasteiger partial charge on any atom is -0.480 e. The van der Waals surface area contributed by atoms with Crippen molar-refractivity contribution in [3.63, 3.8) is 0 Å². The molecule has 1 fully saturated rings. The van der Waals surface area contributed by atoms with E-state index in [9.17, 15) is 14.4 Å². The molecule has 1 rings (SSSR count). The van der Waals surface area contributed by atoms with Crippen LogP contribution >= 0.6 is 0 Å². The minimum atomic E-state index is -1.18. The first-order chi connectivity index (χ1) is 9.45. The monoisotopic (exact) mass is 287 g/mol.